The molecule has 0 fully saturated rings. The average Bonchev–Trinajstić information content (AvgIpc) is 2.68. The first kappa shape index (κ1) is 20.4. The monoisotopic (exact) mass is 417 g/mol. The minimum atomic E-state index is -0.0145. The Hall–Kier alpha value is -2.37. The topological polar surface area (TPSA) is 57.1 Å². The van der Waals surface area contributed by atoms with Crippen LogP contribution in [0.15, 0.2) is 48.5 Å². The van der Waals surface area contributed by atoms with Gasteiger partial charge in [-0.1, -0.05) is 50.5 Å². The van der Waals surface area contributed by atoms with Gasteiger partial charge in [-0.05, 0) is 65.0 Å². The van der Waals surface area contributed by atoms with Gasteiger partial charge in [0.25, 0.3) is 0 Å². The molecule has 146 valence electrons. The second-order valence-electron chi connectivity index (χ2n) is 6.22. The fraction of sp³-hybridized carbons (Fsp3) is 0.286. The molecule has 3 aromatic rings. The Morgan fingerprint density at radius 1 is 0.714 bits per heavy atom. The summed E-state index contributed by atoms with van der Waals surface area (Å²) in [5.74, 6) is 1.47. The third kappa shape index (κ3) is 6.08. The molecule has 2 aromatic carbocycles. The van der Waals surface area contributed by atoms with E-state index in [1.54, 1.807) is 0 Å². The molecule has 0 saturated carbocycles. The van der Waals surface area contributed by atoms with Crippen LogP contribution in [0.3, 0.4) is 0 Å². The van der Waals surface area contributed by atoms with E-state index in [1.807, 2.05) is 48.5 Å². The molecule has 28 heavy (non-hydrogen) atoms. The van der Waals surface area contributed by atoms with E-state index in [0.29, 0.717) is 5.75 Å². The van der Waals surface area contributed by atoms with Crippen LogP contribution in [-0.4, -0.2) is 21.6 Å². The molecule has 0 saturated heterocycles. The van der Waals surface area contributed by atoms with Crippen LogP contribution in [0.4, 0.5) is 0 Å². The Kier molecular flexibility index (Phi) is 7.46. The molecule has 0 aliphatic rings. The molecule has 0 bridgehead atoms. The minimum Gasteiger partial charge on any atom is -0.494 e. The molecule has 3 rings (SSSR count). The third-order valence-electron chi connectivity index (χ3n) is 4.08. The molecule has 0 spiro atoms. The summed E-state index contributed by atoms with van der Waals surface area (Å²) in [6.45, 7) is 2.97. The molecular formula is C21H21Cl2N3O2. The quantitative estimate of drug-likeness (QED) is 0.367. The number of benzene rings is 2. The van der Waals surface area contributed by atoms with Crippen LogP contribution in [0.5, 0.6) is 17.5 Å². The van der Waals surface area contributed by atoms with Crippen molar-refractivity contribution < 1.29 is 9.47 Å². The molecule has 0 N–H and O–H groups in total. The van der Waals surface area contributed by atoms with Gasteiger partial charge in [0, 0.05) is 0 Å². The van der Waals surface area contributed by atoms with Gasteiger partial charge < -0.3 is 9.47 Å². The van der Waals surface area contributed by atoms with E-state index in [0.717, 1.165) is 29.9 Å². The molecule has 7 heteroatoms. The highest BCUT2D eigenvalue weighted by atomic mass is 35.5. The van der Waals surface area contributed by atoms with Crippen molar-refractivity contribution >= 4 is 23.2 Å². The first-order chi connectivity index (χ1) is 13.6. The van der Waals surface area contributed by atoms with Gasteiger partial charge in [0.2, 0.25) is 10.6 Å². The first-order valence-electron chi connectivity index (χ1n) is 9.22. The largest absolute Gasteiger partial charge is 0.494 e. The summed E-state index contributed by atoms with van der Waals surface area (Å²) in [6.07, 6.45) is 4.80. The highest BCUT2D eigenvalue weighted by molar-refractivity contribution is 6.31. The van der Waals surface area contributed by atoms with Gasteiger partial charge in [-0.2, -0.15) is 15.0 Å². The van der Waals surface area contributed by atoms with Gasteiger partial charge in [-0.25, -0.2) is 0 Å². The van der Waals surface area contributed by atoms with Crippen LogP contribution >= 0.6 is 23.2 Å². The molecule has 5 nitrogen and oxygen atoms in total. The predicted molar refractivity (Wildman–Crippen MR) is 111 cm³/mol. The number of halogens is 2. The lowest BCUT2D eigenvalue weighted by Gasteiger charge is -2.08. The maximum absolute atomic E-state index is 5.79. The average molecular weight is 418 g/mol. The molecule has 0 radical (unpaired) electrons. The number of unbranched alkanes of at least 4 members (excludes halogenated alkanes) is 3. The summed E-state index contributed by atoms with van der Waals surface area (Å²) in [5.41, 5.74) is 2.16. The van der Waals surface area contributed by atoms with Crippen LogP contribution < -0.4 is 9.47 Å². The van der Waals surface area contributed by atoms with Gasteiger partial charge in [-0.3, -0.25) is 0 Å². The van der Waals surface area contributed by atoms with Crippen molar-refractivity contribution in [3.05, 3.63) is 59.1 Å². The zero-order valence-corrected chi connectivity index (χ0v) is 17.1. The number of rotatable bonds is 9. The number of nitrogens with zero attached hydrogens (tertiary/aromatic N) is 3. The number of aromatic nitrogens is 3. The van der Waals surface area contributed by atoms with E-state index >= 15 is 0 Å². The van der Waals surface area contributed by atoms with E-state index < -0.39 is 0 Å². The second kappa shape index (κ2) is 10.2. The van der Waals surface area contributed by atoms with Gasteiger partial charge >= 0.3 is 6.01 Å². The van der Waals surface area contributed by atoms with Crippen molar-refractivity contribution in [3.8, 4) is 28.6 Å². The van der Waals surface area contributed by atoms with Crippen molar-refractivity contribution in [2.75, 3.05) is 6.61 Å². The van der Waals surface area contributed by atoms with E-state index in [1.165, 1.54) is 19.3 Å². The Labute approximate surface area is 174 Å². The maximum Gasteiger partial charge on any atom is 0.327 e. The third-order valence-corrected chi connectivity index (χ3v) is 4.42. The maximum atomic E-state index is 5.79. The fourth-order valence-electron chi connectivity index (χ4n) is 2.64. The van der Waals surface area contributed by atoms with Crippen LogP contribution in [-0.2, 0) is 0 Å². The van der Waals surface area contributed by atoms with Crippen molar-refractivity contribution in [3.63, 3.8) is 0 Å². The molecule has 0 unspecified atom stereocenters. The van der Waals surface area contributed by atoms with Crippen molar-refractivity contribution in [2.45, 2.75) is 32.6 Å². The standard InChI is InChI=1S/C21H21Cl2N3O2/c1-2-3-4-5-14-27-17-10-6-15(7-11-17)16-8-12-18(13-9-16)28-21-25-19(22)24-20(23)26-21/h6-13H,2-5,14H2,1H3. The summed E-state index contributed by atoms with van der Waals surface area (Å²) in [7, 11) is 0. The van der Waals surface area contributed by atoms with Gasteiger partial charge in [-0.15, -0.1) is 0 Å². The molecule has 0 atom stereocenters. The molecule has 1 aromatic heterocycles. The summed E-state index contributed by atoms with van der Waals surface area (Å²) in [4.78, 5) is 11.5. The number of hydrogen-bond donors (Lipinski definition) is 0. The first-order valence-corrected chi connectivity index (χ1v) is 9.98. The van der Waals surface area contributed by atoms with Crippen molar-refractivity contribution in [2.24, 2.45) is 0 Å². The lowest BCUT2D eigenvalue weighted by atomic mass is 10.1. The van der Waals surface area contributed by atoms with Crippen LogP contribution in [0.25, 0.3) is 11.1 Å². The lowest BCUT2D eigenvalue weighted by molar-refractivity contribution is 0.305. The number of ether oxygens (including phenoxy) is 2. The van der Waals surface area contributed by atoms with Crippen LogP contribution in [0.2, 0.25) is 10.6 Å². The summed E-state index contributed by atoms with van der Waals surface area (Å²) in [5, 5.41) is -0.0291. The zero-order chi connectivity index (χ0) is 19.8. The Morgan fingerprint density at radius 2 is 1.29 bits per heavy atom. The molecule has 0 aliphatic heterocycles. The van der Waals surface area contributed by atoms with E-state index in [-0.39, 0.29) is 16.6 Å². The van der Waals surface area contributed by atoms with E-state index in [2.05, 4.69) is 21.9 Å². The highest BCUT2D eigenvalue weighted by Gasteiger charge is 2.06. The van der Waals surface area contributed by atoms with Crippen LogP contribution in [0.1, 0.15) is 32.6 Å². The summed E-state index contributed by atoms with van der Waals surface area (Å²) in [6, 6.07) is 15.7. The second-order valence-corrected chi connectivity index (χ2v) is 6.89. The molecular weight excluding hydrogens is 397 g/mol. The van der Waals surface area contributed by atoms with E-state index in [4.69, 9.17) is 32.7 Å². The van der Waals surface area contributed by atoms with Crippen LogP contribution in [0, 0.1) is 0 Å². The SMILES string of the molecule is CCCCCCOc1ccc(-c2ccc(Oc3nc(Cl)nc(Cl)n3)cc2)cc1. The van der Waals surface area contributed by atoms with Gasteiger partial charge in [0.05, 0.1) is 6.61 Å². The molecule has 1 heterocycles. The Morgan fingerprint density at radius 3 is 1.86 bits per heavy atom. The molecule has 0 amide bonds. The number of hydrogen-bond acceptors (Lipinski definition) is 5. The summed E-state index contributed by atoms with van der Waals surface area (Å²) >= 11 is 11.5. The smallest absolute Gasteiger partial charge is 0.327 e. The summed E-state index contributed by atoms with van der Waals surface area (Å²) < 4.78 is 11.4. The fourth-order valence-corrected chi connectivity index (χ4v) is 2.99. The predicted octanol–water partition coefficient (Wildman–Crippen LogP) is 6.60. The minimum absolute atomic E-state index is 0.0145. The Balaban J connectivity index is 1.58. The van der Waals surface area contributed by atoms with Gasteiger partial charge in [0.1, 0.15) is 11.5 Å². The van der Waals surface area contributed by atoms with Crippen molar-refractivity contribution in [1.82, 2.24) is 15.0 Å². The highest BCUT2D eigenvalue weighted by Crippen LogP contribution is 2.26. The van der Waals surface area contributed by atoms with Crippen molar-refractivity contribution in [1.29, 1.82) is 0 Å². The normalized spacial score (nSPS) is 10.7. The Bertz CT molecular complexity index is 867. The van der Waals surface area contributed by atoms with Gasteiger partial charge in [0.15, 0.2) is 0 Å². The van der Waals surface area contributed by atoms with E-state index in [9.17, 15) is 0 Å². The zero-order valence-electron chi connectivity index (χ0n) is 15.6. The molecule has 0 aliphatic carbocycles. The lowest BCUT2D eigenvalue weighted by Crippen LogP contribution is -1.97.